The highest BCUT2D eigenvalue weighted by Crippen LogP contribution is 2.40. The number of hydrogen-bond donors (Lipinski definition) is 2. The third-order valence-electron chi connectivity index (χ3n) is 6.90. The van der Waals surface area contributed by atoms with Crippen LogP contribution in [0.25, 0.3) is 55.1 Å². The molecule has 180 valence electrons. The Balaban J connectivity index is 1.59. The van der Waals surface area contributed by atoms with E-state index in [1.807, 2.05) is 48.0 Å². The molecule has 0 aliphatic carbocycles. The molecule has 1 aliphatic heterocycles. The van der Waals surface area contributed by atoms with Crippen LogP contribution in [0.5, 0.6) is 0 Å². The number of furan rings is 1. The van der Waals surface area contributed by atoms with E-state index in [1.165, 1.54) is 12.5 Å². The zero-order valence-electron chi connectivity index (χ0n) is 20.4. The van der Waals surface area contributed by atoms with Crippen LogP contribution in [-0.2, 0) is 11.8 Å². The van der Waals surface area contributed by atoms with Gasteiger partial charge < -0.3 is 19.5 Å². The van der Waals surface area contributed by atoms with Crippen LogP contribution in [0.1, 0.15) is 11.3 Å². The summed E-state index contributed by atoms with van der Waals surface area (Å²) in [7, 11) is 1.97. The van der Waals surface area contributed by atoms with E-state index in [0.717, 1.165) is 66.4 Å². The first-order valence-electron chi connectivity index (χ1n) is 11.9. The summed E-state index contributed by atoms with van der Waals surface area (Å²) in [5, 5.41) is 11.4. The number of fused-ring (bicyclic) bond motifs is 6. The highest BCUT2D eigenvalue weighted by atomic mass is 16.5. The second-order valence-corrected chi connectivity index (χ2v) is 9.10. The maximum Gasteiger partial charge on any atom is 0.135 e. The summed E-state index contributed by atoms with van der Waals surface area (Å²) in [6.45, 7) is 8.57. The minimum absolute atomic E-state index is 0.0938. The average molecular weight is 484 g/mol. The first-order valence-corrected chi connectivity index (χ1v) is 11.9. The summed E-state index contributed by atoms with van der Waals surface area (Å²) >= 11 is 0. The van der Waals surface area contributed by atoms with Gasteiger partial charge in [0.1, 0.15) is 23.3 Å². The Morgan fingerprint density at radius 3 is 2.49 bits per heavy atom. The van der Waals surface area contributed by atoms with Gasteiger partial charge in [-0.05, 0) is 52.6 Å². The molecule has 5 aromatic rings. The van der Waals surface area contributed by atoms with Crippen LogP contribution in [0, 0.1) is 5.41 Å². The average Bonchev–Trinajstić information content (AvgIpc) is 3.40. The summed E-state index contributed by atoms with van der Waals surface area (Å²) < 4.78 is 13.6. The lowest BCUT2D eigenvalue weighted by molar-refractivity contribution is 0.405. The molecule has 5 heteroatoms. The quantitative estimate of drug-likeness (QED) is 0.200. The lowest BCUT2D eigenvalue weighted by atomic mass is 9.93. The minimum atomic E-state index is -0.0938. The number of benzene rings is 3. The zero-order chi connectivity index (χ0) is 25.7. The van der Waals surface area contributed by atoms with Crippen LogP contribution >= 0.6 is 0 Å². The van der Waals surface area contributed by atoms with Crippen LogP contribution in [-0.4, -0.2) is 10.4 Å². The summed E-state index contributed by atoms with van der Waals surface area (Å²) in [6, 6.07) is 20.7. The van der Waals surface area contributed by atoms with E-state index in [2.05, 4.69) is 49.6 Å². The Morgan fingerprint density at radius 1 is 0.892 bits per heavy atom. The van der Waals surface area contributed by atoms with Gasteiger partial charge >= 0.3 is 0 Å². The number of amidine groups is 1. The van der Waals surface area contributed by atoms with Gasteiger partial charge in [0.15, 0.2) is 0 Å². The second kappa shape index (κ2) is 8.57. The van der Waals surface area contributed by atoms with Crippen molar-refractivity contribution in [2.24, 2.45) is 12.8 Å². The van der Waals surface area contributed by atoms with E-state index in [0.29, 0.717) is 5.57 Å². The summed E-state index contributed by atoms with van der Waals surface area (Å²) in [5.74, 6) is -0.0938. The number of nitrogens with zero attached hydrogens (tertiary/aromatic N) is 1. The molecule has 5 nitrogen and oxygen atoms in total. The van der Waals surface area contributed by atoms with Crippen molar-refractivity contribution in [1.29, 1.82) is 5.41 Å². The fourth-order valence-corrected chi connectivity index (χ4v) is 5.02. The molecule has 1 aliphatic rings. The molecule has 37 heavy (non-hydrogen) atoms. The van der Waals surface area contributed by atoms with Gasteiger partial charge in [0.2, 0.25) is 0 Å². The van der Waals surface area contributed by atoms with Gasteiger partial charge in [0, 0.05) is 34.3 Å². The summed E-state index contributed by atoms with van der Waals surface area (Å²) in [5.41, 5.74) is 14.5. The number of aromatic nitrogens is 1. The third-order valence-corrected chi connectivity index (χ3v) is 6.90. The van der Waals surface area contributed by atoms with Crippen LogP contribution in [0.15, 0.2) is 115 Å². The van der Waals surface area contributed by atoms with Crippen molar-refractivity contribution < 1.29 is 9.15 Å². The predicted octanol–water partition coefficient (Wildman–Crippen LogP) is 7.69. The standard InChI is InChI=1S/C32H25N3O2/c1-19-8-6-7-15-36-18-26(32(33)34)31-30(20(19)2)24-13-11-22(17-27(24)35(31)3)21-12-14-29-25(16-21)23-9-4-5-10-28(23)37-29/h4-18H,1-2H2,3H3,(H3,33,34)/b8-6-,15-7-,26-18+. The SMILES string of the molecule is C=C1/C=C\C=C/O/C=C(/C(=N)N)c2c(c3ccc(-c4ccc5oc6ccccc6c5c4)cc3n2C)C1=C. The first-order chi connectivity index (χ1) is 17.9. The number of ether oxygens (including phenoxy) is 1. The van der Waals surface area contributed by atoms with Crippen LogP contribution < -0.4 is 5.73 Å². The Kier molecular flexibility index (Phi) is 5.20. The van der Waals surface area contributed by atoms with E-state index in [1.54, 1.807) is 6.08 Å². The molecule has 0 atom stereocenters. The highest BCUT2D eigenvalue weighted by molar-refractivity contribution is 6.22. The van der Waals surface area contributed by atoms with Gasteiger partial charge in [-0.15, -0.1) is 0 Å². The van der Waals surface area contributed by atoms with E-state index >= 15 is 0 Å². The zero-order valence-corrected chi connectivity index (χ0v) is 20.4. The molecule has 0 saturated heterocycles. The highest BCUT2D eigenvalue weighted by Gasteiger charge is 2.23. The molecule has 0 radical (unpaired) electrons. The van der Waals surface area contributed by atoms with Crippen molar-refractivity contribution in [1.82, 2.24) is 4.57 Å². The molecular formula is C32H25N3O2. The third kappa shape index (κ3) is 3.60. The molecule has 0 saturated carbocycles. The van der Waals surface area contributed by atoms with Gasteiger partial charge in [0.25, 0.3) is 0 Å². The first kappa shape index (κ1) is 22.4. The molecule has 0 amide bonds. The fourth-order valence-electron chi connectivity index (χ4n) is 5.02. The second-order valence-electron chi connectivity index (χ2n) is 9.10. The number of rotatable bonds is 2. The minimum Gasteiger partial charge on any atom is -0.472 e. The van der Waals surface area contributed by atoms with Crippen molar-refractivity contribution in [2.75, 3.05) is 0 Å². The van der Waals surface area contributed by atoms with Crippen molar-refractivity contribution in [3.63, 3.8) is 0 Å². The number of hydrogen-bond acceptors (Lipinski definition) is 3. The molecule has 6 rings (SSSR count). The molecule has 0 fully saturated rings. The van der Waals surface area contributed by atoms with Gasteiger partial charge in [-0.2, -0.15) is 0 Å². The number of allylic oxidation sites excluding steroid dienone is 5. The van der Waals surface area contributed by atoms with Crippen LogP contribution in [0.3, 0.4) is 0 Å². The molecule has 0 unspecified atom stereocenters. The van der Waals surface area contributed by atoms with E-state index in [9.17, 15) is 0 Å². The van der Waals surface area contributed by atoms with Crippen molar-refractivity contribution in [3.8, 4) is 11.1 Å². The number of aryl methyl sites for hydroxylation is 1. The van der Waals surface area contributed by atoms with E-state index in [4.69, 9.17) is 20.3 Å². The van der Waals surface area contributed by atoms with Gasteiger partial charge in [0.05, 0.1) is 17.5 Å². The van der Waals surface area contributed by atoms with Gasteiger partial charge in [-0.3, -0.25) is 5.41 Å². The monoisotopic (exact) mass is 483 g/mol. The van der Waals surface area contributed by atoms with Crippen LogP contribution in [0.2, 0.25) is 0 Å². The topological polar surface area (TPSA) is 77.2 Å². The molecule has 0 spiro atoms. The normalized spacial score (nSPS) is 17.2. The molecule has 3 heterocycles. The van der Waals surface area contributed by atoms with Gasteiger partial charge in [-0.1, -0.05) is 61.7 Å². The van der Waals surface area contributed by atoms with Crippen molar-refractivity contribution in [3.05, 3.63) is 121 Å². The molecule has 3 aromatic carbocycles. The lowest BCUT2D eigenvalue weighted by Crippen LogP contribution is -2.15. The summed E-state index contributed by atoms with van der Waals surface area (Å²) in [4.78, 5) is 0. The largest absolute Gasteiger partial charge is 0.472 e. The number of para-hydroxylation sites is 1. The predicted molar refractivity (Wildman–Crippen MR) is 153 cm³/mol. The Hall–Kier alpha value is -5.03. The Labute approximate surface area is 214 Å². The van der Waals surface area contributed by atoms with Crippen molar-refractivity contribution >= 4 is 49.8 Å². The Morgan fingerprint density at radius 2 is 1.65 bits per heavy atom. The molecule has 0 bridgehead atoms. The van der Waals surface area contributed by atoms with Gasteiger partial charge in [-0.25, -0.2) is 0 Å². The van der Waals surface area contributed by atoms with E-state index in [-0.39, 0.29) is 5.84 Å². The molecule has 3 N–H and O–H groups in total. The smallest absolute Gasteiger partial charge is 0.135 e. The molecule has 2 aromatic heterocycles. The number of nitrogens with two attached hydrogens (primary N) is 1. The van der Waals surface area contributed by atoms with Crippen LogP contribution in [0.4, 0.5) is 0 Å². The maximum absolute atomic E-state index is 8.27. The number of nitrogens with one attached hydrogen (secondary N) is 1. The maximum atomic E-state index is 8.27. The summed E-state index contributed by atoms with van der Waals surface area (Å²) in [6.07, 6.45) is 8.54. The fraction of sp³-hybridized carbons (Fsp3) is 0.0312. The Bertz CT molecular complexity index is 1870. The van der Waals surface area contributed by atoms with Crippen molar-refractivity contribution in [2.45, 2.75) is 0 Å². The molecular weight excluding hydrogens is 458 g/mol. The lowest BCUT2D eigenvalue weighted by Gasteiger charge is -2.13. The van der Waals surface area contributed by atoms with E-state index < -0.39 is 0 Å².